The third-order valence-electron chi connectivity index (χ3n) is 9.24. The van der Waals surface area contributed by atoms with Crippen molar-refractivity contribution in [2.45, 2.75) is 9.79 Å². The molecule has 10 rings (SSSR count). The summed E-state index contributed by atoms with van der Waals surface area (Å²) in [5, 5.41) is 4.70. The van der Waals surface area contributed by atoms with E-state index < -0.39 is 0 Å². The maximum Gasteiger partial charge on any atom is 0.238 e. The van der Waals surface area contributed by atoms with Crippen LogP contribution >= 0.6 is 11.8 Å². The highest BCUT2D eigenvalue weighted by Gasteiger charge is 2.24. The van der Waals surface area contributed by atoms with Crippen molar-refractivity contribution < 1.29 is 0 Å². The van der Waals surface area contributed by atoms with Crippen molar-refractivity contribution in [2.75, 3.05) is 0 Å². The average molecular weight is 631 g/mol. The standard InChI is InChI=1S/C43H26N4S/c1-3-13-27(14-4-1)41-44-42(28-15-5-2-6-16-28)46-43(45-41)47-37-24-30-18-8-7-17-29(30)23-34(37)35-25-36-32-20-10-9-19-31(32)33-21-11-12-22-39(33)48-40(36)26-38(35)47/h1-26H. The van der Waals surface area contributed by atoms with E-state index in [2.05, 4.69) is 126 Å². The number of nitrogens with zero attached hydrogens (tertiary/aromatic N) is 4. The Morgan fingerprint density at radius 3 is 1.60 bits per heavy atom. The maximum atomic E-state index is 5.19. The normalized spacial score (nSPS) is 12.1. The van der Waals surface area contributed by atoms with Gasteiger partial charge in [0.05, 0.1) is 11.0 Å². The molecule has 0 saturated heterocycles. The second kappa shape index (κ2) is 10.8. The topological polar surface area (TPSA) is 43.6 Å². The molecule has 0 fully saturated rings. The molecule has 0 unspecified atom stereocenters. The molecule has 4 nitrogen and oxygen atoms in total. The zero-order valence-electron chi connectivity index (χ0n) is 25.7. The van der Waals surface area contributed by atoms with Crippen LogP contribution in [0.5, 0.6) is 0 Å². The molecule has 0 radical (unpaired) electrons. The van der Waals surface area contributed by atoms with Gasteiger partial charge < -0.3 is 0 Å². The van der Waals surface area contributed by atoms with E-state index in [1.807, 2.05) is 48.2 Å². The molecular weight excluding hydrogens is 605 g/mol. The predicted molar refractivity (Wildman–Crippen MR) is 198 cm³/mol. The number of fused-ring (bicyclic) bond motifs is 9. The number of rotatable bonds is 3. The molecule has 0 saturated carbocycles. The van der Waals surface area contributed by atoms with E-state index >= 15 is 0 Å². The van der Waals surface area contributed by atoms with Crippen LogP contribution in [-0.2, 0) is 0 Å². The highest BCUT2D eigenvalue weighted by molar-refractivity contribution is 7.99. The molecule has 0 spiro atoms. The average Bonchev–Trinajstić information content (AvgIpc) is 3.38. The van der Waals surface area contributed by atoms with Crippen molar-refractivity contribution in [2.24, 2.45) is 0 Å². The van der Waals surface area contributed by atoms with Gasteiger partial charge in [0.1, 0.15) is 0 Å². The summed E-state index contributed by atoms with van der Waals surface area (Å²) in [5.74, 6) is 1.88. The number of hydrogen-bond acceptors (Lipinski definition) is 4. The zero-order chi connectivity index (χ0) is 31.6. The molecule has 0 bridgehead atoms. The van der Waals surface area contributed by atoms with Gasteiger partial charge in [0.2, 0.25) is 5.95 Å². The van der Waals surface area contributed by atoms with Crippen molar-refractivity contribution in [1.82, 2.24) is 19.5 Å². The summed E-state index contributed by atoms with van der Waals surface area (Å²) in [4.78, 5) is 17.8. The van der Waals surface area contributed by atoms with Crippen LogP contribution in [0.25, 0.3) is 83.6 Å². The highest BCUT2D eigenvalue weighted by Crippen LogP contribution is 2.50. The Kier molecular flexibility index (Phi) is 6.08. The first-order valence-corrected chi connectivity index (χ1v) is 16.9. The lowest BCUT2D eigenvalue weighted by Crippen LogP contribution is -2.06. The summed E-state index contributed by atoms with van der Waals surface area (Å²) in [6, 6.07) is 55.7. The van der Waals surface area contributed by atoms with Crippen LogP contribution in [0.2, 0.25) is 0 Å². The first-order valence-electron chi connectivity index (χ1n) is 16.0. The zero-order valence-corrected chi connectivity index (χ0v) is 26.5. The first kappa shape index (κ1) is 27.1. The van der Waals surface area contributed by atoms with Crippen LogP contribution in [0, 0.1) is 0 Å². The van der Waals surface area contributed by atoms with E-state index in [9.17, 15) is 0 Å². The van der Waals surface area contributed by atoms with E-state index in [1.165, 1.54) is 53.6 Å². The Bertz CT molecular complexity index is 2640. The van der Waals surface area contributed by atoms with Crippen LogP contribution in [0.4, 0.5) is 0 Å². The van der Waals surface area contributed by atoms with Crippen molar-refractivity contribution in [1.29, 1.82) is 0 Å². The molecule has 0 atom stereocenters. The molecule has 0 N–H and O–H groups in total. The largest absolute Gasteiger partial charge is 0.278 e. The molecular formula is C43H26N4S. The van der Waals surface area contributed by atoms with Gasteiger partial charge in [-0.05, 0) is 63.4 Å². The van der Waals surface area contributed by atoms with E-state index in [4.69, 9.17) is 15.0 Å². The molecule has 7 aromatic carbocycles. The molecule has 224 valence electrons. The minimum Gasteiger partial charge on any atom is -0.278 e. The Morgan fingerprint density at radius 2 is 0.917 bits per heavy atom. The van der Waals surface area contributed by atoms with Crippen LogP contribution in [0.3, 0.4) is 0 Å². The molecule has 1 aliphatic heterocycles. The summed E-state index contributed by atoms with van der Waals surface area (Å²) >= 11 is 1.83. The number of benzene rings is 7. The molecule has 9 aromatic rings. The SMILES string of the molecule is c1ccc(-c2nc(-c3ccccc3)nc(-n3c4cc5c(cc4c4cc6ccccc6cc43)-c3ccccc3-c3ccccc3S5)n2)cc1. The molecule has 5 heteroatoms. The van der Waals surface area contributed by atoms with Gasteiger partial charge in [0, 0.05) is 31.7 Å². The van der Waals surface area contributed by atoms with Gasteiger partial charge in [-0.3, -0.25) is 4.57 Å². The monoisotopic (exact) mass is 630 g/mol. The third kappa shape index (κ3) is 4.29. The first-order chi connectivity index (χ1) is 23.8. The van der Waals surface area contributed by atoms with Gasteiger partial charge in [-0.15, -0.1) is 0 Å². The fraction of sp³-hybridized carbons (Fsp3) is 0. The van der Waals surface area contributed by atoms with E-state index in [0.717, 1.165) is 22.2 Å². The van der Waals surface area contributed by atoms with Gasteiger partial charge in [-0.2, -0.15) is 9.97 Å². The Labute approximate surface area is 281 Å². The lowest BCUT2D eigenvalue weighted by Gasteiger charge is -2.12. The van der Waals surface area contributed by atoms with Crippen LogP contribution in [-0.4, -0.2) is 19.5 Å². The summed E-state index contributed by atoms with van der Waals surface area (Å²) in [6.07, 6.45) is 0. The summed E-state index contributed by atoms with van der Waals surface area (Å²) < 4.78 is 2.24. The van der Waals surface area contributed by atoms with Crippen molar-refractivity contribution in [3.05, 3.63) is 158 Å². The van der Waals surface area contributed by atoms with Crippen molar-refractivity contribution >= 4 is 44.3 Å². The second-order valence-corrected chi connectivity index (χ2v) is 13.2. The van der Waals surface area contributed by atoms with Crippen LogP contribution in [0.15, 0.2) is 168 Å². The molecule has 48 heavy (non-hydrogen) atoms. The van der Waals surface area contributed by atoms with E-state index in [0.29, 0.717) is 17.6 Å². The van der Waals surface area contributed by atoms with Crippen molar-refractivity contribution in [3.63, 3.8) is 0 Å². The van der Waals surface area contributed by atoms with E-state index in [-0.39, 0.29) is 0 Å². The predicted octanol–water partition coefficient (Wildman–Crippen LogP) is 11.3. The van der Waals surface area contributed by atoms with Crippen molar-refractivity contribution in [3.8, 4) is 51.0 Å². The molecule has 2 aromatic heterocycles. The Balaban J connectivity index is 1.33. The third-order valence-corrected chi connectivity index (χ3v) is 10.4. The fourth-order valence-corrected chi connectivity index (χ4v) is 8.11. The smallest absolute Gasteiger partial charge is 0.238 e. The highest BCUT2D eigenvalue weighted by atomic mass is 32.2. The number of hydrogen-bond donors (Lipinski definition) is 0. The van der Waals surface area contributed by atoms with Gasteiger partial charge in [0.25, 0.3) is 0 Å². The van der Waals surface area contributed by atoms with Crippen LogP contribution < -0.4 is 0 Å². The minimum atomic E-state index is 0.595. The maximum absolute atomic E-state index is 5.19. The summed E-state index contributed by atoms with van der Waals surface area (Å²) in [5.41, 5.74) is 9.01. The van der Waals surface area contributed by atoms with Gasteiger partial charge in [0.15, 0.2) is 11.6 Å². The fourth-order valence-electron chi connectivity index (χ4n) is 6.99. The second-order valence-electron chi connectivity index (χ2n) is 12.1. The molecule has 0 aliphatic carbocycles. The molecule has 3 heterocycles. The summed E-state index contributed by atoms with van der Waals surface area (Å²) in [6.45, 7) is 0. The van der Waals surface area contributed by atoms with Gasteiger partial charge >= 0.3 is 0 Å². The Hall–Kier alpha value is -6.04. The van der Waals surface area contributed by atoms with Gasteiger partial charge in [-0.25, -0.2) is 4.98 Å². The Morgan fingerprint density at radius 1 is 0.396 bits per heavy atom. The lowest BCUT2D eigenvalue weighted by molar-refractivity contribution is 0.953. The number of aromatic nitrogens is 4. The summed E-state index contributed by atoms with van der Waals surface area (Å²) in [7, 11) is 0. The lowest BCUT2D eigenvalue weighted by atomic mass is 9.93. The molecule has 1 aliphatic rings. The molecule has 0 amide bonds. The van der Waals surface area contributed by atoms with Gasteiger partial charge in [-0.1, -0.05) is 139 Å². The quantitative estimate of drug-likeness (QED) is 0.195. The van der Waals surface area contributed by atoms with E-state index in [1.54, 1.807) is 0 Å². The minimum absolute atomic E-state index is 0.595. The van der Waals surface area contributed by atoms with Crippen LogP contribution in [0.1, 0.15) is 0 Å².